The van der Waals surface area contributed by atoms with Crippen molar-refractivity contribution in [2.45, 2.75) is 44.3 Å². The normalized spacial score (nSPS) is 16.0. The number of ether oxygens (including phenoxy) is 1. The molecule has 2 heterocycles. The van der Waals surface area contributed by atoms with E-state index in [9.17, 15) is 13.2 Å². The molecule has 0 unspecified atom stereocenters. The monoisotopic (exact) mass is 435 g/mol. The third kappa shape index (κ3) is 7.82. The summed E-state index contributed by atoms with van der Waals surface area (Å²) in [5.41, 5.74) is 0.477. The van der Waals surface area contributed by atoms with E-state index in [1.165, 1.54) is 18.9 Å². The molecular formula is C24H32F3N3O. The Morgan fingerprint density at radius 3 is 2.61 bits per heavy atom. The van der Waals surface area contributed by atoms with E-state index in [0.717, 1.165) is 63.3 Å². The third-order valence-electron chi connectivity index (χ3n) is 5.93. The number of aromatic nitrogens is 1. The molecule has 0 spiro atoms. The van der Waals surface area contributed by atoms with Crippen LogP contribution in [0.15, 0.2) is 48.7 Å². The zero-order chi connectivity index (χ0) is 22.1. The molecule has 1 aliphatic rings. The van der Waals surface area contributed by atoms with Gasteiger partial charge in [-0.15, -0.1) is 0 Å². The first-order chi connectivity index (χ1) is 14.9. The Morgan fingerprint density at radius 2 is 1.90 bits per heavy atom. The largest absolute Gasteiger partial charge is 0.494 e. The summed E-state index contributed by atoms with van der Waals surface area (Å²) in [6, 6.07) is 11.7. The highest BCUT2D eigenvalue weighted by Crippen LogP contribution is 2.31. The molecule has 1 saturated heterocycles. The van der Waals surface area contributed by atoms with Crippen LogP contribution in [0.3, 0.4) is 0 Å². The molecule has 1 aliphatic heterocycles. The van der Waals surface area contributed by atoms with Gasteiger partial charge in [0.1, 0.15) is 5.75 Å². The highest BCUT2D eigenvalue weighted by Gasteiger charge is 2.30. The SMILES string of the molecule is CN(CCCCOc1cccc(C(F)(F)F)c1)C1CCN(CCc2ccccn2)CC1. The topological polar surface area (TPSA) is 28.6 Å². The van der Waals surface area contributed by atoms with E-state index >= 15 is 0 Å². The van der Waals surface area contributed by atoms with Crippen molar-refractivity contribution in [2.24, 2.45) is 0 Å². The molecule has 0 saturated carbocycles. The number of rotatable bonds is 10. The molecule has 0 radical (unpaired) electrons. The van der Waals surface area contributed by atoms with Crippen LogP contribution in [0.5, 0.6) is 5.75 Å². The van der Waals surface area contributed by atoms with Gasteiger partial charge in [0.2, 0.25) is 0 Å². The Bertz CT molecular complexity index is 777. The predicted octanol–water partition coefficient (Wildman–Crippen LogP) is 4.90. The molecule has 0 bridgehead atoms. The Labute approximate surface area is 183 Å². The summed E-state index contributed by atoms with van der Waals surface area (Å²) < 4.78 is 43.8. The first-order valence-electron chi connectivity index (χ1n) is 11.0. The number of pyridine rings is 1. The maximum atomic E-state index is 12.8. The van der Waals surface area contributed by atoms with Crippen LogP contribution < -0.4 is 4.74 Å². The van der Waals surface area contributed by atoms with Gasteiger partial charge in [-0.05, 0) is 82.7 Å². The van der Waals surface area contributed by atoms with Crippen LogP contribution >= 0.6 is 0 Å². The van der Waals surface area contributed by atoms with Crippen LogP contribution in [-0.4, -0.2) is 60.7 Å². The number of unbranched alkanes of at least 4 members (excludes halogenated alkanes) is 1. The number of halogens is 3. The van der Waals surface area contributed by atoms with Crippen molar-refractivity contribution in [1.29, 1.82) is 0 Å². The first kappa shape index (κ1) is 23.5. The van der Waals surface area contributed by atoms with Gasteiger partial charge in [-0.25, -0.2) is 0 Å². The maximum Gasteiger partial charge on any atom is 0.416 e. The zero-order valence-electron chi connectivity index (χ0n) is 18.2. The molecule has 1 aromatic carbocycles. The van der Waals surface area contributed by atoms with Crippen molar-refractivity contribution in [1.82, 2.24) is 14.8 Å². The number of benzene rings is 1. The van der Waals surface area contributed by atoms with Crippen molar-refractivity contribution >= 4 is 0 Å². The van der Waals surface area contributed by atoms with Gasteiger partial charge in [-0.2, -0.15) is 13.2 Å². The van der Waals surface area contributed by atoms with Gasteiger partial charge in [0.25, 0.3) is 0 Å². The Balaban J connectivity index is 1.28. The lowest BCUT2D eigenvalue weighted by atomic mass is 10.0. The van der Waals surface area contributed by atoms with Crippen LogP contribution in [0.2, 0.25) is 0 Å². The summed E-state index contributed by atoms with van der Waals surface area (Å²) in [7, 11) is 2.17. The summed E-state index contributed by atoms with van der Waals surface area (Å²) >= 11 is 0. The van der Waals surface area contributed by atoms with Crippen LogP contribution in [0.25, 0.3) is 0 Å². The Hall–Kier alpha value is -2.12. The van der Waals surface area contributed by atoms with Gasteiger partial charge in [-0.1, -0.05) is 12.1 Å². The van der Waals surface area contributed by atoms with Gasteiger partial charge in [-0.3, -0.25) is 4.98 Å². The standard InChI is InChI=1S/C24H32F3N3O/c1-29(14-4-5-18-31-23-9-6-7-20(19-23)24(25,26)27)22-11-16-30(17-12-22)15-10-21-8-2-3-13-28-21/h2-3,6-9,13,19,22H,4-5,10-12,14-18H2,1H3. The molecule has 31 heavy (non-hydrogen) atoms. The average Bonchev–Trinajstić information content (AvgIpc) is 2.78. The molecule has 4 nitrogen and oxygen atoms in total. The second-order valence-electron chi connectivity index (χ2n) is 8.21. The number of piperidine rings is 1. The summed E-state index contributed by atoms with van der Waals surface area (Å²) in [5.74, 6) is 0.279. The van der Waals surface area contributed by atoms with Crippen molar-refractivity contribution in [2.75, 3.05) is 39.8 Å². The molecule has 170 valence electrons. The second-order valence-corrected chi connectivity index (χ2v) is 8.21. The minimum absolute atomic E-state index is 0.279. The predicted molar refractivity (Wildman–Crippen MR) is 116 cm³/mol. The lowest BCUT2D eigenvalue weighted by Gasteiger charge is -2.36. The van der Waals surface area contributed by atoms with Crippen molar-refractivity contribution < 1.29 is 17.9 Å². The molecule has 7 heteroatoms. The van der Waals surface area contributed by atoms with Crippen molar-refractivity contribution in [3.63, 3.8) is 0 Å². The lowest BCUT2D eigenvalue weighted by Crippen LogP contribution is -2.44. The third-order valence-corrected chi connectivity index (χ3v) is 5.93. The number of likely N-dealkylation sites (tertiary alicyclic amines) is 1. The van der Waals surface area contributed by atoms with E-state index in [1.54, 1.807) is 6.07 Å². The van der Waals surface area contributed by atoms with Crippen LogP contribution in [-0.2, 0) is 12.6 Å². The van der Waals surface area contributed by atoms with Crippen molar-refractivity contribution in [3.8, 4) is 5.75 Å². The molecule has 3 rings (SSSR count). The Morgan fingerprint density at radius 1 is 1.10 bits per heavy atom. The lowest BCUT2D eigenvalue weighted by molar-refractivity contribution is -0.137. The molecule has 1 aromatic heterocycles. The van der Waals surface area contributed by atoms with Crippen LogP contribution in [0.1, 0.15) is 36.9 Å². The van der Waals surface area contributed by atoms with Gasteiger partial charge in [0, 0.05) is 30.9 Å². The number of hydrogen-bond donors (Lipinski definition) is 0. The van der Waals surface area contributed by atoms with Crippen LogP contribution in [0, 0.1) is 0 Å². The summed E-state index contributed by atoms with van der Waals surface area (Å²) in [6.45, 7) is 4.69. The molecule has 2 aromatic rings. The number of alkyl halides is 3. The maximum absolute atomic E-state index is 12.8. The fourth-order valence-electron chi connectivity index (χ4n) is 4.00. The second kappa shape index (κ2) is 11.5. The molecular weight excluding hydrogens is 403 g/mol. The number of nitrogens with zero attached hydrogens (tertiary/aromatic N) is 3. The fourth-order valence-corrected chi connectivity index (χ4v) is 4.00. The van der Waals surface area contributed by atoms with E-state index in [1.807, 2.05) is 18.3 Å². The highest BCUT2D eigenvalue weighted by molar-refractivity contribution is 5.30. The van der Waals surface area contributed by atoms with Crippen molar-refractivity contribution in [3.05, 3.63) is 59.9 Å². The molecule has 0 aliphatic carbocycles. The molecule has 0 N–H and O–H groups in total. The molecule has 0 amide bonds. The first-order valence-corrected chi connectivity index (χ1v) is 11.0. The van der Waals surface area contributed by atoms with E-state index in [0.29, 0.717) is 12.6 Å². The van der Waals surface area contributed by atoms with Gasteiger partial charge in [0.15, 0.2) is 0 Å². The summed E-state index contributed by atoms with van der Waals surface area (Å²) in [4.78, 5) is 9.33. The Kier molecular flexibility index (Phi) is 8.72. The van der Waals surface area contributed by atoms with Gasteiger partial charge >= 0.3 is 6.18 Å². The van der Waals surface area contributed by atoms with Gasteiger partial charge < -0.3 is 14.5 Å². The smallest absolute Gasteiger partial charge is 0.416 e. The van der Waals surface area contributed by atoms with E-state index < -0.39 is 11.7 Å². The zero-order valence-corrected chi connectivity index (χ0v) is 18.2. The number of hydrogen-bond acceptors (Lipinski definition) is 4. The highest BCUT2D eigenvalue weighted by atomic mass is 19.4. The molecule has 0 atom stereocenters. The minimum atomic E-state index is -4.34. The summed E-state index contributed by atoms with van der Waals surface area (Å²) in [6.07, 6.45) is 2.63. The van der Waals surface area contributed by atoms with E-state index in [4.69, 9.17) is 4.74 Å². The minimum Gasteiger partial charge on any atom is -0.494 e. The van der Waals surface area contributed by atoms with E-state index in [2.05, 4.69) is 27.9 Å². The van der Waals surface area contributed by atoms with Gasteiger partial charge in [0.05, 0.1) is 12.2 Å². The summed E-state index contributed by atoms with van der Waals surface area (Å²) in [5, 5.41) is 0. The fraction of sp³-hybridized carbons (Fsp3) is 0.542. The molecule has 1 fully saturated rings. The van der Waals surface area contributed by atoms with Crippen LogP contribution in [0.4, 0.5) is 13.2 Å². The average molecular weight is 436 g/mol. The van der Waals surface area contributed by atoms with E-state index in [-0.39, 0.29) is 5.75 Å². The quantitative estimate of drug-likeness (QED) is 0.497.